The maximum absolute atomic E-state index is 13.4. The maximum atomic E-state index is 13.4. The fourth-order valence-electron chi connectivity index (χ4n) is 4.61. The van der Waals surface area contributed by atoms with Crippen molar-refractivity contribution in [3.63, 3.8) is 0 Å². The summed E-state index contributed by atoms with van der Waals surface area (Å²) in [5.41, 5.74) is 1.66. The highest BCUT2D eigenvalue weighted by atomic mass is 32.2. The van der Waals surface area contributed by atoms with Gasteiger partial charge in [-0.3, -0.25) is 4.68 Å². The minimum atomic E-state index is -4.04. The number of halogens is 2. The highest BCUT2D eigenvalue weighted by Crippen LogP contribution is 2.42. The van der Waals surface area contributed by atoms with Crippen LogP contribution < -0.4 is 4.72 Å². The molecule has 5 rings (SSSR count). The lowest BCUT2D eigenvalue weighted by Crippen LogP contribution is -2.35. The predicted octanol–water partition coefficient (Wildman–Crippen LogP) is 5.44. The molecule has 37 heavy (non-hydrogen) atoms. The SMILES string of the molecule is CC(C)SC1CC=C(c2cc(S(=O)(=O)NC3(C#N)CC3)cc3c(-c4nnc(C(F)F)s4)nn(C)c23)CC1. The molecular weight excluding hydrogens is 539 g/mol. The molecule has 1 unspecified atom stereocenters. The highest BCUT2D eigenvalue weighted by molar-refractivity contribution is 8.00. The van der Waals surface area contributed by atoms with Gasteiger partial charge in [-0.1, -0.05) is 31.3 Å². The number of aryl methyl sites for hydroxylation is 1. The molecule has 13 heteroatoms. The Balaban J connectivity index is 1.66. The second kappa shape index (κ2) is 9.72. The van der Waals surface area contributed by atoms with Crippen molar-refractivity contribution in [3.05, 3.63) is 28.8 Å². The number of nitrogens with one attached hydrogen (secondary N) is 1. The van der Waals surface area contributed by atoms with Crippen LogP contribution in [0.4, 0.5) is 8.78 Å². The zero-order valence-corrected chi connectivity index (χ0v) is 23.0. The van der Waals surface area contributed by atoms with Crippen molar-refractivity contribution in [1.29, 1.82) is 5.26 Å². The summed E-state index contributed by atoms with van der Waals surface area (Å²) in [6, 6.07) is 5.18. The fourth-order valence-corrected chi connectivity index (χ4v) is 7.97. The Kier molecular flexibility index (Phi) is 6.89. The van der Waals surface area contributed by atoms with E-state index in [2.05, 4.69) is 46.0 Å². The minimum absolute atomic E-state index is 0.00366. The third-order valence-corrected chi connectivity index (χ3v) is 10.3. The number of rotatable bonds is 8. The summed E-state index contributed by atoms with van der Waals surface area (Å²) in [4.78, 5) is 0.00366. The van der Waals surface area contributed by atoms with Crippen molar-refractivity contribution in [2.24, 2.45) is 7.05 Å². The van der Waals surface area contributed by atoms with Gasteiger partial charge in [-0.15, -0.1) is 10.2 Å². The van der Waals surface area contributed by atoms with Gasteiger partial charge in [0.25, 0.3) is 6.43 Å². The molecule has 1 fully saturated rings. The third kappa shape index (κ3) is 5.16. The Morgan fingerprint density at radius 3 is 2.62 bits per heavy atom. The Morgan fingerprint density at radius 1 is 1.30 bits per heavy atom. The van der Waals surface area contributed by atoms with Gasteiger partial charge in [0.05, 0.1) is 16.5 Å². The van der Waals surface area contributed by atoms with Crippen LogP contribution in [0, 0.1) is 11.3 Å². The smallest absolute Gasteiger partial charge is 0.267 e. The average molecular weight is 565 g/mol. The number of allylic oxidation sites excluding steroid dienone is 2. The number of nitrogens with zero attached hydrogens (tertiary/aromatic N) is 5. The van der Waals surface area contributed by atoms with E-state index in [4.69, 9.17) is 0 Å². The summed E-state index contributed by atoms with van der Waals surface area (Å²) >= 11 is 2.67. The lowest BCUT2D eigenvalue weighted by molar-refractivity contribution is 0.150. The Hall–Kier alpha value is -2.40. The zero-order chi connectivity index (χ0) is 26.5. The molecule has 0 saturated heterocycles. The molecule has 1 atom stereocenters. The Labute approximate surface area is 222 Å². The number of hydrogen-bond acceptors (Lipinski definition) is 8. The van der Waals surface area contributed by atoms with E-state index in [-0.39, 0.29) is 9.90 Å². The molecule has 1 N–H and O–H groups in total. The molecule has 0 amide bonds. The van der Waals surface area contributed by atoms with E-state index in [1.807, 2.05) is 11.8 Å². The first-order valence-electron chi connectivity index (χ1n) is 11.9. The molecule has 2 aliphatic carbocycles. The third-order valence-electron chi connectivity index (χ3n) is 6.52. The fraction of sp³-hybridized carbons (Fsp3) is 0.500. The Morgan fingerprint density at radius 2 is 2.05 bits per heavy atom. The van der Waals surface area contributed by atoms with Gasteiger partial charge in [0.1, 0.15) is 11.2 Å². The second-order valence-electron chi connectivity index (χ2n) is 9.70. The van der Waals surface area contributed by atoms with Gasteiger partial charge < -0.3 is 0 Å². The quantitative estimate of drug-likeness (QED) is 0.387. The number of alkyl halides is 2. The van der Waals surface area contributed by atoms with Gasteiger partial charge in [0, 0.05) is 23.2 Å². The van der Waals surface area contributed by atoms with Crippen molar-refractivity contribution in [1.82, 2.24) is 24.7 Å². The summed E-state index contributed by atoms with van der Waals surface area (Å²) in [5.74, 6) is 0. The van der Waals surface area contributed by atoms with E-state index in [1.165, 1.54) is 6.07 Å². The first kappa shape index (κ1) is 26.2. The normalized spacial score (nSPS) is 19.4. The molecule has 8 nitrogen and oxygen atoms in total. The lowest BCUT2D eigenvalue weighted by atomic mass is 9.92. The van der Waals surface area contributed by atoms with Crippen LogP contribution in [0.15, 0.2) is 23.1 Å². The van der Waals surface area contributed by atoms with Crippen molar-refractivity contribution < 1.29 is 17.2 Å². The topological polar surface area (TPSA) is 114 Å². The van der Waals surface area contributed by atoms with Gasteiger partial charge in [-0.05, 0) is 55.1 Å². The molecule has 1 aromatic carbocycles. The molecule has 0 spiro atoms. The van der Waals surface area contributed by atoms with Crippen molar-refractivity contribution in [3.8, 4) is 16.8 Å². The van der Waals surface area contributed by atoms with Crippen LogP contribution in [0.3, 0.4) is 0 Å². The summed E-state index contributed by atoms with van der Waals surface area (Å²) in [7, 11) is -2.30. The van der Waals surface area contributed by atoms with E-state index in [0.717, 1.165) is 41.7 Å². The van der Waals surface area contributed by atoms with E-state index in [1.54, 1.807) is 17.8 Å². The van der Waals surface area contributed by atoms with Gasteiger partial charge in [0.15, 0.2) is 10.0 Å². The number of nitriles is 1. The molecule has 0 bridgehead atoms. The summed E-state index contributed by atoms with van der Waals surface area (Å²) in [6.45, 7) is 4.35. The molecule has 0 aliphatic heterocycles. The number of benzene rings is 1. The molecule has 196 valence electrons. The van der Waals surface area contributed by atoms with Gasteiger partial charge >= 0.3 is 0 Å². The molecule has 3 aromatic rings. The standard InChI is InChI=1S/C24H26F2N6O2S3/c1-13(2)35-15-6-4-14(5-7-15)17-10-16(37(33,34)31-24(12-27)8-9-24)11-18-19(30-32(3)20(17)18)22-28-29-23(36-22)21(25)26/h4,10-11,13,15,21,31H,5-9H2,1-3H3. The first-order valence-corrected chi connectivity index (χ1v) is 15.2. The van der Waals surface area contributed by atoms with Crippen LogP contribution in [0.2, 0.25) is 0 Å². The molecular formula is C24H26F2N6O2S3. The van der Waals surface area contributed by atoms with Gasteiger partial charge in [-0.2, -0.15) is 26.8 Å². The van der Waals surface area contributed by atoms with Crippen molar-refractivity contribution in [2.75, 3.05) is 0 Å². The predicted molar refractivity (Wildman–Crippen MR) is 141 cm³/mol. The van der Waals surface area contributed by atoms with Crippen LogP contribution in [0.5, 0.6) is 0 Å². The number of fused-ring (bicyclic) bond motifs is 1. The lowest BCUT2D eigenvalue weighted by Gasteiger charge is -2.24. The maximum Gasteiger partial charge on any atom is 0.291 e. The van der Waals surface area contributed by atoms with E-state index < -0.39 is 27.0 Å². The van der Waals surface area contributed by atoms with Crippen LogP contribution in [0.1, 0.15) is 62.9 Å². The number of hydrogen-bond donors (Lipinski definition) is 1. The van der Waals surface area contributed by atoms with Crippen molar-refractivity contribution in [2.45, 2.75) is 73.3 Å². The monoisotopic (exact) mass is 564 g/mol. The summed E-state index contributed by atoms with van der Waals surface area (Å²) < 4.78 is 57.4. The van der Waals surface area contributed by atoms with Crippen LogP contribution in [-0.4, -0.2) is 44.4 Å². The zero-order valence-electron chi connectivity index (χ0n) is 20.5. The average Bonchev–Trinajstić information content (AvgIpc) is 3.28. The van der Waals surface area contributed by atoms with Gasteiger partial charge in [-0.25, -0.2) is 17.2 Å². The molecule has 2 aromatic heterocycles. The van der Waals surface area contributed by atoms with Crippen molar-refractivity contribution >= 4 is 49.6 Å². The molecule has 0 radical (unpaired) electrons. The van der Waals surface area contributed by atoms with E-state index in [0.29, 0.717) is 39.9 Å². The van der Waals surface area contributed by atoms with Crippen LogP contribution in [0.25, 0.3) is 27.2 Å². The highest BCUT2D eigenvalue weighted by Gasteiger charge is 2.47. The second-order valence-corrected chi connectivity index (χ2v) is 14.3. The first-order chi connectivity index (χ1) is 17.5. The summed E-state index contributed by atoms with van der Waals surface area (Å²) in [5, 5.41) is 22.8. The number of aromatic nitrogens is 4. The van der Waals surface area contributed by atoms with Gasteiger partial charge in [0.2, 0.25) is 10.0 Å². The van der Waals surface area contributed by atoms with E-state index >= 15 is 0 Å². The molecule has 2 aliphatic rings. The van der Waals surface area contributed by atoms with E-state index in [9.17, 15) is 22.5 Å². The number of thioether (sulfide) groups is 1. The van der Waals surface area contributed by atoms with Crippen LogP contribution in [-0.2, 0) is 17.1 Å². The van der Waals surface area contributed by atoms with Crippen LogP contribution >= 0.6 is 23.1 Å². The minimum Gasteiger partial charge on any atom is -0.267 e. The summed E-state index contributed by atoms with van der Waals surface area (Å²) in [6.07, 6.45) is 2.91. The Bertz CT molecular complexity index is 1530. The molecule has 2 heterocycles. The number of sulfonamides is 1. The molecule has 1 saturated carbocycles. The largest absolute Gasteiger partial charge is 0.291 e.